The number of pyridine rings is 1. The van der Waals surface area contributed by atoms with E-state index < -0.39 is 0 Å². The first-order valence-electron chi connectivity index (χ1n) is 9.94. The number of fused-ring (bicyclic) bond motifs is 5. The summed E-state index contributed by atoms with van der Waals surface area (Å²) >= 11 is 0. The normalized spacial score (nSPS) is 21.6. The van der Waals surface area contributed by atoms with Crippen molar-refractivity contribution in [3.05, 3.63) is 79.6 Å². The fraction of sp³-hybridized carbons (Fsp3) is 0.391. The molecule has 2 aliphatic rings. The van der Waals surface area contributed by atoms with Crippen LogP contribution in [-0.4, -0.2) is 22.6 Å². The van der Waals surface area contributed by atoms with Gasteiger partial charge in [0.1, 0.15) is 5.58 Å². The number of hydrogen-bond acceptors (Lipinski definition) is 4. The molecule has 1 saturated heterocycles. The molecule has 4 heterocycles. The maximum absolute atomic E-state index is 12.2. The first kappa shape index (κ1) is 17.4. The molecule has 2 aliphatic heterocycles. The van der Waals surface area contributed by atoms with Crippen molar-refractivity contribution in [2.24, 2.45) is 5.92 Å². The second kappa shape index (κ2) is 6.45. The van der Waals surface area contributed by atoms with E-state index in [4.69, 9.17) is 4.42 Å². The van der Waals surface area contributed by atoms with Crippen LogP contribution >= 0.6 is 0 Å². The van der Waals surface area contributed by atoms with Crippen molar-refractivity contribution < 1.29 is 4.42 Å². The number of hydrogen-bond donors (Lipinski definition) is 0. The molecule has 5 rings (SSSR count). The van der Waals surface area contributed by atoms with Crippen molar-refractivity contribution in [2.75, 3.05) is 13.1 Å². The van der Waals surface area contributed by atoms with Gasteiger partial charge in [-0.2, -0.15) is 0 Å². The first-order chi connectivity index (χ1) is 13.5. The Morgan fingerprint density at radius 2 is 1.93 bits per heavy atom. The number of piperidine rings is 1. The molecule has 5 heteroatoms. The highest BCUT2D eigenvalue weighted by Gasteiger charge is 2.34. The minimum Gasteiger partial charge on any atom is -0.423 e. The average Bonchev–Trinajstić information content (AvgIpc) is 2.65. The molecule has 144 valence electrons. The van der Waals surface area contributed by atoms with Crippen LogP contribution in [0.3, 0.4) is 0 Å². The van der Waals surface area contributed by atoms with E-state index in [1.807, 2.05) is 22.8 Å². The molecule has 0 N–H and O–H groups in total. The molecule has 2 atom stereocenters. The monoisotopic (exact) mass is 376 g/mol. The summed E-state index contributed by atoms with van der Waals surface area (Å²) in [6, 6.07) is 11.2. The van der Waals surface area contributed by atoms with E-state index >= 15 is 0 Å². The van der Waals surface area contributed by atoms with E-state index in [1.54, 1.807) is 12.1 Å². The third-order valence-corrected chi connectivity index (χ3v) is 6.47. The highest BCUT2D eigenvalue weighted by molar-refractivity contribution is 5.84. The van der Waals surface area contributed by atoms with Crippen LogP contribution in [0.5, 0.6) is 0 Å². The summed E-state index contributed by atoms with van der Waals surface area (Å²) < 4.78 is 7.40. The third kappa shape index (κ3) is 2.81. The van der Waals surface area contributed by atoms with Crippen LogP contribution in [-0.2, 0) is 13.1 Å². The average molecular weight is 376 g/mol. The van der Waals surface area contributed by atoms with Gasteiger partial charge in [-0.15, -0.1) is 0 Å². The van der Waals surface area contributed by atoms with Crippen molar-refractivity contribution in [1.82, 2.24) is 9.47 Å². The molecular formula is C23H24N2O3. The molecule has 1 aromatic carbocycles. The second-order valence-electron chi connectivity index (χ2n) is 8.36. The fourth-order valence-corrected chi connectivity index (χ4v) is 5.12. The van der Waals surface area contributed by atoms with Gasteiger partial charge >= 0.3 is 5.63 Å². The van der Waals surface area contributed by atoms with Crippen LogP contribution in [0.15, 0.2) is 50.4 Å². The molecule has 3 aromatic rings. The molecule has 0 spiro atoms. The van der Waals surface area contributed by atoms with Gasteiger partial charge in [-0.25, -0.2) is 4.79 Å². The van der Waals surface area contributed by atoms with E-state index in [0.29, 0.717) is 17.4 Å². The zero-order valence-electron chi connectivity index (χ0n) is 16.3. The number of aromatic nitrogens is 1. The molecule has 0 saturated carbocycles. The molecule has 1 fully saturated rings. The minimum atomic E-state index is -0.292. The van der Waals surface area contributed by atoms with E-state index in [9.17, 15) is 9.59 Å². The quantitative estimate of drug-likeness (QED) is 0.645. The SMILES string of the molecule is Cc1ccc2oc(=O)cc(CN3C[C@@H]4C[C@H](C3)c3cccc(=O)n3C4)c2c1C. The molecule has 2 aromatic heterocycles. The Bertz CT molecular complexity index is 1190. The van der Waals surface area contributed by atoms with Crippen molar-refractivity contribution >= 4 is 11.0 Å². The van der Waals surface area contributed by atoms with Gasteiger partial charge in [-0.1, -0.05) is 12.1 Å². The summed E-state index contributed by atoms with van der Waals surface area (Å²) in [7, 11) is 0. The lowest BCUT2D eigenvalue weighted by molar-refractivity contribution is 0.114. The summed E-state index contributed by atoms with van der Waals surface area (Å²) in [5.74, 6) is 0.844. The summed E-state index contributed by atoms with van der Waals surface area (Å²) in [5, 5.41) is 1.06. The summed E-state index contributed by atoms with van der Waals surface area (Å²) in [6.45, 7) is 7.56. The lowest BCUT2D eigenvalue weighted by Gasteiger charge is -2.42. The molecule has 0 amide bonds. The Morgan fingerprint density at radius 1 is 1.07 bits per heavy atom. The minimum absolute atomic E-state index is 0.110. The first-order valence-corrected chi connectivity index (χ1v) is 9.94. The van der Waals surface area contributed by atoms with Gasteiger partial charge in [0, 0.05) is 55.3 Å². The molecule has 0 aliphatic carbocycles. The number of rotatable bonds is 2. The lowest BCUT2D eigenvalue weighted by Crippen LogP contribution is -2.46. The highest BCUT2D eigenvalue weighted by atomic mass is 16.4. The smallest absolute Gasteiger partial charge is 0.336 e. The molecule has 5 nitrogen and oxygen atoms in total. The predicted molar refractivity (Wildman–Crippen MR) is 109 cm³/mol. The predicted octanol–water partition coefficient (Wildman–Crippen LogP) is 3.19. The van der Waals surface area contributed by atoms with Crippen LogP contribution in [0, 0.1) is 19.8 Å². The van der Waals surface area contributed by atoms with E-state index in [1.165, 1.54) is 11.1 Å². The summed E-state index contributed by atoms with van der Waals surface area (Å²) in [4.78, 5) is 26.8. The zero-order chi connectivity index (χ0) is 19.4. The molecule has 0 unspecified atom stereocenters. The zero-order valence-corrected chi connectivity index (χ0v) is 16.3. The van der Waals surface area contributed by atoms with Gasteiger partial charge in [-0.05, 0) is 55.0 Å². The Hall–Kier alpha value is -2.66. The van der Waals surface area contributed by atoms with Gasteiger partial charge in [0.25, 0.3) is 5.56 Å². The molecule has 2 bridgehead atoms. The maximum Gasteiger partial charge on any atom is 0.336 e. The van der Waals surface area contributed by atoms with E-state index in [-0.39, 0.29) is 11.2 Å². The largest absolute Gasteiger partial charge is 0.423 e. The standard InChI is InChI=1S/C23H24N2O3/c1-14-6-7-20-23(15(14)2)18(9-22(27)28-20)13-24-10-16-8-17(12-24)19-4-3-5-21(26)25(19)11-16/h3-7,9,16-17H,8,10-13H2,1-2H3/t16-,17+/m0/s1. The number of aryl methyl sites for hydroxylation is 2. The Morgan fingerprint density at radius 3 is 2.79 bits per heavy atom. The fourth-order valence-electron chi connectivity index (χ4n) is 5.12. The summed E-state index contributed by atoms with van der Waals surface area (Å²) in [6.07, 6.45) is 1.13. The van der Waals surface area contributed by atoms with Crippen molar-refractivity contribution in [1.29, 1.82) is 0 Å². The molecular weight excluding hydrogens is 352 g/mol. The molecule has 0 radical (unpaired) electrons. The van der Waals surface area contributed by atoms with E-state index in [2.05, 4.69) is 24.8 Å². The Labute approximate surface area is 163 Å². The summed E-state index contributed by atoms with van der Waals surface area (Å²) in [5.41, 5.74) is 5.05. The van der Waals surface area contributed by atoms with Gasteiger partial charge in [0.15, 0.2) is 0 Å². The van der Waals surface area contributed by atoms with Crippen molar-refractivity contribution in [3.8, 4) is 0 Å². The van der Waals surface area contributed by atoms with Gasteiger partial charge in [0.2, 0.25) is 0 Å². The van der Waals surface area contributed by atoms with Crippen molar-refractivity contribution in [3.63, 3.8) is 0 Å². The number of benzene rings is 1. The van der Waals surface area contributed by atoms with Crippen LogP contribution in [0.2, 0.25) is 0 Å². The maximum atomic E-state index is 12.2. The third-order valence-electron chi connectivity index (χ3n) is 6.47. The van der Waals surface area contributed by atoms with Crippen LogP contribution in [0.1, 0.15) is 34.7 Å². The molecule has 28 heavy (non-hydrogen) atoms. The van der Waals surface area contributed by atoms with Gasteiger partial charge in [-0.3, -0.25) is 9.69 Å². The second-order valence-corrected chi connectivity index (χ2v) is 8.36. The Balaban J connectivity index is 1.51. The van der Waals surface area contributed by atoms with Gasteiger partial charge in [0.05, 0.1) is 0 Å². The highest BCUT2D eigenvalue weighted by Crippen LogP contribution is 2.36. The number of nitrogens with zero attached hydrogens (tertiary/aromatic N) is 2. The lowest BCUT2D eigenvalue weighted by atomic mass is 9.83. The van der Waals surface area contributed by atoms with Crippen LogP contribution in [0.25, 0.3) is 11.0 Å². The topological polar surface area (TPSA) is 55.5 Å². The Kier molecular flexibility index (Phi) is 4.02. The number of likely N-dealkylation sites (tertiary alicyclic amines) is 1. The van der Waals surface area contributed by atoms with Crippen molar-refractivity contribution in [2.45, 2.75) is 39.3 Å². The van der Waals surface area contributed by atoms with Gasteiger partial charge < -0.3 is 8.98 Å². The van der Waals surface area contributed by atoms with Crippen LogP contribution in [0.4, 0.5) is 0 Å². The van der Waals surface area contributed by atoms with E-state index in [0.717, 1.165) is 49.2 Å². The van der Waals surface area contributed by atoms with Crippen LogP contribution < -0.4 is 11.2 Å².